The van der Waals surface area contributed by atoms with Gasteiger partial charge in [0.2, 0.25) is 5.91 Å². The van der Waals surface area contributed by atoms with E-state index in [-0.39, 0.29) is 24.2 Å². The number of ether oxygens (including phenoxy) is 1. The van der Waals surface area contributed by atoms with Crippen LogP contribution in [0.25, 0.3) is 0 Å². The Morgan fingerprint density at radius 3 is 2.80 bits per heavy atom. The number of methoxy groups -OCH3 is 1. The second kappa shape index (κ2) is 7.72. The van der Waals surface area contributed by atoms with Crippen LogP contribution in [0.15, 0.2) is 18.2 Å². The lowest BCUT2D eigenvalue weighted by molar-refractivity contribution is -0.122. The molecule has 0 radical (unpaired) electrons. The monoisotopic (exact) mass is 318 g/mol. The van der Waals surface area contributed by atoms with Gasteiger partial charge >= 0.3 is 0 Å². The smallest absolute Gasteiger partial charge is 0.231 e. The van der Waals surface area contributed by atoms with Crippen LogP contribution in [-0.4, -0.2) is 33.2 Å². The molecule has 1 N–H and O–H groups in total. The van der Waals surface area contributed by atoms with Crippen molar-refractivity contribution in [2.45, 2.75) is 12.8 Å². The Morgan fingerprint density at radius 2 is 2.25 bits per heavy atom. The van der Waals surface area contributed by atoms with Gasteiger partial charge in [-0.05, 0) is 37.6 Å². The second-order valence-corrected chi connectivity index (χ2v) is 5.17. The van der Waals surface area contributed by atoms with E-state index in [1.807, 2.05) is 6.07 Å². The third kappa shape index (κ3) is 3.78. The molecule has 1 saturated heterocycles. The molecule has 1 aromatic rings. The molecule has 1 atom stereocenters. The van der Waals surface area contributed by atoms with Crippen molar-refractivity contribution < 1.29 is 9.53 Å². The van der Waals surface area contributed by atoms with Crippen LogP contribution in [0.1, 0.15) is 12.8 Å². The summed E-state index contributed by atoms with van der Waals surface area (Å²) >= 11 is 6.09. The highest BCUT2D eigenvalue weighted by Gasteiger charge is 2.24. The van der Waals surface area contributed by atoms with Gasteiger partial charge in [0.15, 0.2) is 0 Å². The largest absolute Gasteiger partial charge is 0.495 e. The normalized spacial score (nSPS) is 18.1. The minimum absolute atomic E-state index is 0. The fraction of sp³-hybridized carbons (Fsp3) is 0.500. The molecule has 1 heterocycles. The van der Waals surface area contributed by atoms with E-state index in [1.54, 1.807) is 31.2 Å². The zero-order valence-corrected chi connectivity index (χ0v) is 13.3. The van der Waals surface area contributed by atoms with Gasteiger partial charge in [0.25, 0.3) is 0 Å². The highest BCUT2D eigenvalue weighted by atomic mass is 35.5. The van der Waals surface area contributed by atoms with Crippen molar-refractivity contribution >= 4 is 35.6 Å². The van der Waals surface area contributed by atoms with E-state index in [9.17, 15) is 4.79 Å². The van der Waals surface area contributed by atoms with E-state index in [2.05, 4.69) is 5.32 Å². The van der Waals surface area contributed by atoms with Crippen LogP contribution < -0.4 is 15.0 Å². The molecule has 20 heavy (non-hydrogen) atoms. The Hall–Kier alpha value is -0.970. The summed E-state index contributed by atoms with van der Waals surface area (Å²) in [6, 6.07) is 5.38. The van der Waals surface area contributed by atoms with Crippen LogP contribution in [-0.2, 0) is 4.79 Å². The molecule has 1 aromatic carbocycles. The van der Waals surface area contributed by atoms with Crippen molar-refractivity contribution in [1.82, 2.24) is 5.32 Å². The zero-order valence-electron chi connectivity index (χ0n) is 11.7. The molecule has 1 aliphatic heterocycles. The number of halogens is 2. The van der Waals surface area contributed by atoms with Gasteiger partial charge in [-0.25, -0.2) is 0 Å². The fourth-order valence-corrected chi connectivity index (χ4v) is 2.58. The van der Waals surface area contributed by atoms with Gasteiger partial charge < -0.3 is 15.0 Å². The van der Waals surface area contributed by atoms with Crippen LogP contribution in [0.2, 0.25) is 5.02 Å². The number of anilines is 1. The molecular formula is C14H20Cl2N2O2. The van der Waals surface area contributed by atoms with Crippen molar-refractivity contribution in [3.8, 4) is 5.75 Å². The van der Waals surface area contributed by atoms with Gasteiger partial charge in [0, 0.05) is 19.3 Å². The molecule has 0 saturated carbocycles. The molecule has 112 valence electrons. The Morgan fingerprint density at radius 1 is 1.50 bits per heavy atom. The van der Waals surface area contributed by atoms with Crippen molar-refractivity contribution in [3.63, 3.8) is 0 Å². The number of hydrogen-bond donors (Lipinski definition) is 1. The van der Waals surface area contributed by atoms with Gasteiger partial charge in [-0.15, -0.1) is 12.4 Å². The molecule has 1 amide bonds. The topological polar surface area (TPSA) is 41.6 Å². The number of nitrogens with one attached hydrogen (secondary N) is 1. The van der Waals surface area contributed by atoms with Gasteiger partial charge in [0.1, 0.15) is 5.75 Å². The van der Waals surface area contributed by atoms with Gasteiger partial charge in [-0.1, -0.05) is 11.6 Å². The molecule has 1 unspecified atom stereocenters. The SMILES string of the molecule is COc1ccc(N(C)C(=O)C2CCCNC2)cc1Cl.Cl. The highest BCUT2D eigenvalue weighted by Crippen LogP contribution is 2.29. The summed E-state index contributed by atoms with van der Waals surface area (Å²) in [4.78, 5) is 14.0. The predicted octanol–water partition coefficient (Wildman–Crippen LogP) is 2.73. The van der Waals surface area contributed by atoms with Crippen LogP contribution in [0.4, 0.5) is 5.69 Å². The van der Waals surface area contributed by atoms with Crippen LogP contribution in [0.3, 0.4) is 0 Å². The Kier molecular flexibility index (Phi) is 6.59. The lowest BCUT2D eigenvalue weighted by Gasteiger charge is -2.27. The highest BCUT2D eigenvalue weighted by molar-refractivity contribution is 6.32. The van der Waals surface area contributed by atoms with Crippen molar-refractivity contribution in [1.29, 1.82) is 0 Å². The lowest BCUT2D eigenvalue weighted by Crippen LogP contribution is -2.41. The number of carbonyl (C=O) groups excluding carboxylic acids is 1. The maximum atomic E-state index is 12.4. The third-order valence-corrected chi connectivity index (χ3v) is 3.79. The minimum Gasteiger partial charge on any atom is -0.495 e. The number of rotatable bonds is 3. The summed E-state index contributed by atoms with van der Waals surface area (Å²) in [6.45, 7) is 1.76. The van der Waals surface area contributed by atoms with Gasteiger partial charge in [-0.3, -0.25) is 4.79 Å². The zero-order chi connectivity index (χ0) is 13.8. The second-order valence-electron chi connectivity index (χ2n) is 4.76. The number of amides is 1. The summed E-state index contributed by atoms with van der Waals surface area (Å²) in [5, 5.41) is 3.77. The molecule has 0 aromatic heterocycles. The number of benzene rings is 1. The van der Waals surface area contributed by atoms with Gasteiger partial charge in [-0.2, -0.15) is 0 Å². The average Bonchev–Trinajstić information content (AvgIpc) is 2.46. The summed E-state index contributed by atoms with van der Waals surface area (Å²) in [7, 11) is 3.36. The quantitative estimate of drug-likeness (QED) is 0.931. The van der Waals surface area contributed by atoms with E-state index in [4.69, 9.17) is 16.3 Å². The molecule has 4 nitrogen and oxygen atoms in total. The first-order chi connectivity index (χ1) is 9.13. The Balaban J connectivity index is 0.00000200. The molecule has 1 aliphatic rings. The molecule has 0 spiro atoms. The van der Waals surface area contributed by atoms with Crippen LogP contribution in [0, 0.1) is 5.92 Å². The van der Waals surface area contributed by atoms with E-state index in [0.29, 0.717) is 10.8 Å². The first kappa shape index (κ1) is 17.1. The summed E-state index contributed by atoms with van der Waals surface area (Å²) in [5.74, 6) is 0.804. The predicted molar refractivity (Wildman–Crippen MR) is 84.3 cm³/mol. The van der Waals surface area contributed by atoms with E-state index < -0.39 is 0 Å². The first-order valence-electron chi connectivity index (χ1n) is 6.45. The number of piperidine rings is 1. The Labute approximate surface area is 130 Å². The van der Waals surface area contributed by atoms with Crippen LogP contribution >= 0.6 is 24.0 Å². The average molecular weight is 319 g/mol. The number of carbonyl (C=O) groups is 1. The minimum atomic E-state index is 0. The maximum Gasteiger partial charge on any atom is 0.231 e. The number of nitrogens with zero attached hydrogens (tertiary/aromatic N) is 1. The third-order valence-electron chi connectivity index (χ3n) is 3.50. The molecule has 1 fully saturated rings. The first-order valence-corrected chi connectivity index (χ1v) is 6.83. The number of hydrogen-bond acceptors (Lipinski definition) is 3. The van der Waals surface area contributed by atoms with Crippen molar-refractivity contribution in [3.05, 3.63) is 23.2 Å². The standard InChI is InChI=1S/C14H19ClN2O2.ClH/c1-17(14(18)10-4-3-7-16-9-10)11-5-6-13(19-2)12(15)8-11;/h5-6,8,10,16H,3-4,7,9H2,1-2H3;1H. The summed E-state index contributed by atoms with van der Waals surface area (Å²) in [5.41, 5.74) is 0.793. The molecule has 0 aliphatic carbocycles. The van der Waals surface area contributed by atoms with Gasteiger partial charge in [0.05, 0.1) is 18.1 Å². The lowest BCUT2D eigenvalue weighted by atomic mass is 9.98. The van der Waals surface area contributed by atoms with E-state index >= 15 is 0 Å². The molecule has 2 rings (SSSR count). The fourth-order valence-electron chi connectivity index (χ4n) is 2.33. The molecule has 0 bridgehead atoms. The van der Waals surface area contributed by atoms with E-state index in [0.717, 1.165) is 31.6 Å². The van der Waals surface area contributed by atoms with Crippen LogP contribution in [0.5, 0.6) is 5.75 Å². The van der Waals surface area contributed by atoms with Crippen molar-refractivity contribution in [2.24, 2.45) is 5.92 Å². The summed E-state index contributed by atoms with van der Waals surface area (Å²) < 4.78 is 5.11. The molecular weight excluding hydrogens is 299 g/mol. The summed E-state index contributed by atoms with van der Waals surface area (Å²) in [6.07, 6.45) is 1.99. The Bertz CT molecular complexity index is 462. The maximum absolute atomic E-state index is 12.4. The van der Waals surface area contributed by atoms with E-state index in [1.165, 1.54) is 0 Å². The molecule has 6 heteroatoms. The van der Waals surface area contributed by atoms with Crippen molar-refractivity contribution in [2.75, 3.05) is 32.1 Å².